The van der Waals surface area contributed by atoms with E-state index in [4.69, 9.17) is 4.74 Å². The summed E-state index contributed by atoms with van der Waals surface area (Å²) in [4.78, 5) is 0. The molecule has 0 spiro atoms. The second kappa shape index (κ2) is 2.44. The average molecular weight is 138 g/mol. The van der Waals surface area contributed by atoms with Crippen LogP contribution in [0.5, 0.6) is 0 Å². The van der Waals surface area contributed by atoms with Gasteiger partial charge in [0.2, 0.25) is 0 Å². The molecule has 0 saturated carbocycles. The smallest absolute Gasteiger partial charge is 0.109 e. The minimum atomic E-state index is 0.343. The van der Waals surface area contributed by atoms with Crippen LogP contribution in [0.15, 0.2) is 24.5 Å². The summed E-state index contributed by atoms with van der Waals surface area (Å²) < 4.78 is 7.25. The monoisotopic (exact) mass is 138 g/mol. The van der Waals surface area contributed by atoms with Gasteiger partial charge in [-0.1, -0.05) is 0 Å². The van der Waals surface area contributed by atoms with E-state index in [9.17, 15) is 0 Å². The largest absolute Gasteiger partial charge is 0.363 e. The van der Waals surface area contributed by atoms with Crippen LogP contribution in [0.4, 0.5) is 0 Å². The van der Waals surface area contributed by atoms with Crippen LogP contribution in [0.2, 0.25) is 0 Å². The summed E-state index contributed by atoms with van der Waals surface area (Å²) in [5.74, 6) is 0. The van der Waals surface area contributed by atoms with Crippen LogP contribution in [0.25, 0.3) is 0 Å². The maximum atomic E-state index is 5.15. The summed E-state index contributed by atoms with van der Waals surface area (Å²) in [5.41, 5.74) is 0. The van der Waals surface area contributed by atoms with Crippen LogP contribution in [0, 0.1) is 0 Å². The van der Waals surface area contributed by atoms with Crippen molar-refractivity contribution >= 4 is 0 Å². The molecule has 1 aliphatic rings. The Labute approximate surface area is 59.6 Å². The van der Waals surface area contributed by atoms with Crippen molar-refractivity contribution in [2.45, 2.75) is 6.17 Å². The van der Waals surface area contributed by atoms with Gasteiger partial charge in [-0.25, -0.2) is 0 Å². The Kier molecular flexibility index (Phi) is 1.45. The van der Waals surface area contributed by atoms with E-state index in [0.29, 0.717) is 12.9 Å². The van der Waals surface area contributed by atoms with E-state index < -0.39 is 0 Å². The van der Waals surface area contributed by atoms with Crippen molar-refractivity contribution in [3.8, 4) is 0 Å². The van der Waals surface area contributed by atoms with E-state index >= 15 is 0 Å². The van der Waals surface area contributed by atoms with Crippen LogP contribution >= 0.6 is 0 Å². The first-order valence-electron chi connectivity index (χ1n) is 3.40. The second-order valence-corrected chi connectivity index (χ2v) is 2.37. The molecule has 0 amide bonds. The maximum Gasteiger partial charge on any atom is 0.109 e. The zero-order chi connectivity index (χ0) is 6.81. The van der Waals surface area contributed by atoms with Crippen molar-refractivity contribution in [2.75, 3.05) is 13.3 Å². The van der Waals surface area contributed by atoms with Gasteiger partial charge in [-0.15, -0.1) is 0 Å². The molecule has 0 aromatic carbocycles. The average Bonchev–Trinajstić information content (AvgIpc) is 2.59. The van der Waals surface area contributed by atoms with Gasteiger partial charge in [0.05, 0.1) is 13.3 Å². The lowest BCUT2D eigenvalue weighted by molar-refractivity contribution is 0.184. The lowest BCUT2D eigenvalue weighted by Crippen LogP contribution is -2.20. The van der Waals surface area contributed by atoms with Crippen molar-refractivity contribution in [2.24, 2.45) is 0 Å². The summed E-state index contributed by atoms with van der Waals surface area (Å²) in [6.45, 7) is 1.44. The Hall–Kier alpha value is -0.800. The summed E-state index contributed by atoms with van der Waals surface area (Å²) in [5, 5.41) is 3.20. The van der Waals surface area contributed by atoms with Crippen molar-refractivity contribution in [3.63, 3.8) is 0 Å². The van der Waals surface area contributed by atoms with Gasteiger partial charge in [0.15, 0.2) is 0 Å². The molecule has 2 rings (SSSR count). The molecule has 1 atom stereocenters. The molecule has 54 valence electrons. The maximum absolute atomic E-state index is 5.15. The van der Waals surface area contributed by atoms with Gasteiger partial charge in [0.1, 0.15) is 6.17 Å². The number of nitrogens with one attached hydrogen (secondary N) is 1. The molecule has 3 nitrogen and oxygen atoms in total. The quantitative estimate of drug-likeness (QED) is 0.613. The van der Waals surface area contributed by atoms with Gasteiger partial charge in [-0.3, -0.25) is 5.32 Å². The summed E-state index contributed by atoms with van der Waals surface area (Å²) in [6, 6.07) is 4.03. The molecule has 1 N–H and O–H groups in total. The Balaban J connectivity index is 2.12. The van der Waals surface area contributed by atoms with Crippen LogP contribution in [-0.4, -0.2) is 17.9 Å². The van der Waals surface area contributed by atoms with Crippen molar-refractivity contribution in [3.05, 3.63) is 24.5 Å². The number of nitrogens with zero attached hydrogens (tertiary/aromatic N) is 1. The first-order valence-corrected chi connectivity index (χ1v) is 3.40. The van der Waals surface area contributed by atoms with Gasteiger partial charge in [0, 0.05) is 12.4 Å². The second-order valence-electron chi connectivity index (χ2n) is 2.37. The molecule has 1 aliphatic heterocycles. The Morgan fingerprint density at radius 1 is 1.40 bits per heavy atom. The highest BCUT2D eigenvalue weighted by molar-refractivity contribution is 4.93. The number of hydrogen-bond donors (Lipinski definition) is 1. The molecule has 2 heterocycles. The fourth-order valence-electron chi connectivity index (χ4n) is 1.13. The molecule has 1 unspecified atom stereocenters. The summed E-state index contributed by atoms with van der Waals surface area (Å²) >= 11 is 0. The molecule has 0 radical (unpaired) electrons. The van der Waals surface area contributed by atoms with E-state index in [1.54, 1.807) is 0 Å². The van der Waals surface area contributed by atoms with Crippen molar-refractivity contribution < 1.29 is 4.74 Å². The lowest BCUT2D eigenvalue weighted by Gasteiger charge is -2.08. The fourth-order valence-corrected chi connectivity index (χ4v) is 1.13. The van der Waals surface area contributed by atoms with E-state index in [2.05, 4.69) is 9.88 Å². The third-order valence-electron chi connectivity index (χ3n) is 1.68. The van der Waals surface area contributed by atoms with E-state index in [1.807, 2.05) is 24.5 Å². The molecule has 1 fully saturated rings. The van der Waals surface area contributed by atoms with E-state index in [1.165, 1.54) is 0 Å². The van der Waals surface area contributed by atoms with Gasteiger partial charge in [-0.05, 0) is 12.1 Å². The lowest BCUT2D eigenvalue weighted by atomic mass is 10.5. The molecule has 1 aromatic rings. The number of rotatable bonds is 1. The normalized spacial score (nSPS) is 25.4. The zero-order valence-corrected chi connectivity index (χ0v) is 5.66. The molecule has 10 heavy (non-hydrogen) atoms. The van der Waals surface area contributed by atoms with Crippen LogP contribution < -0.4 is 5.32 Å². The van der Waals surface area contributed by atoms with Gasteiger partial charge >= 0.3 is 0 Å². The Morgan fingerprint density at radius 2 is 2.20 bits per heavy atom. The van der Waals surface area contributed by atoms with Crippen molar-refractivity contribution in [1.29, 1.82) is 0 Å². The van der Waals surface area contributed by atoms with Crippen molar-refractivity contribution in [1.82, 2.24) is 9.88 Å². The Bertz CT molecular complexity index is 189. The first kappa shape index (κ1) is 5.95. The predicted octanol–water partition coefficient (Wildman–Crippen LogP) is 0.564. The highest BCUT2D eigenvalue weighted by Gasteiger charge is 2.13. The number of aromatic nitrogens is 1. The van der Waals surface area contributed by atoms with Crippen LogP contribution in [-0.2, 0) is 4.74 Å². The van der Waals surface area contributed by atoms with Crippen LogP contribution in [0.1, 0.15) is 6.17 Å². The van der Waals surface area contributed by atoms with E-state index in [-0.39, 0.29) is 0 Å². The predicted molar refractivity (Wildman–Crippen MR) is 37.4 cm³/mol. The number of hydrogen-bond acceptors (Lipinski definition) is 2. The third-order valence-corrected chi connectivity index (χ3v) is 1.68. The molecule has 3 heteroatoms. The van der Waals surface area contributed by atoms with Crippen LogP contribution in [0.3, 0.4) is 0 Å². The van der Waals surface area contributed by atoms with E-state index in [0.717, 1.165) is 6.61 Å². The SMILES string of the molecule is c1ccn(C2COCN2)c1. The topological polar surface area (TPSA) is 26.2 Å². The minimum Gasteiger partial charge on any atom is -0.363 e. The third kappa shape index (κ3) is 0.936. The summed E-state index contributed by atoms with van der Waals surface area (Å²) in [7, 11) is 0. The minimum absolute atomic E-state index is 0.343. The molecule has 1 saturated heterocycles. The van der Waals surface area contributed by atoms with Gasteiger partial charge in [-0.2, -0.15) is 0 Å². The van der Waals surface area contributed by atoms with Gasteiger partial charge < -0.3 is 9.30 Å². The molecule has 0 aliphatic carbocycles. The first-order chi connectivity index (χ1) is 4.97. The zero-order valence-electron chi connectivity index (χ0n) is 5.66. The Morgan fingerprint density at radius 3 is 2.80 bits per heavy atom. The molecule has 0 bridgehead atoms. The summed E-state index contributed by atoms with van der Waals surface area (Å²) in [6.07, 6.45) is 4.41. The van der Waals surface area contributed by atoms with Gasteiger partial charge in [0.25, 0.3) is 0 Å². The number of ether oxygens (including phenoxy) is 1. The highest BCUT2D eigenvalue weighted by atomic mass is 16.5. The standard InChI is InChI=1S/C7H10N2O/c1-2-4-9(3-1)7-5-10-6-8-7/h1-4,7-8H,5-6H2. The highest BCUT2D eigenvalue weighted by Crippen LogP contribution is 2.07. The molecular weight excluding hydrogens is 128 g/mol. The fraction of sp³-hybridized carbons (Fsp3) is 0.429. The molecular formula is C7H10N2O. The molecule has 1 aromatic heterocycles.